The number of carbonyl (C=O) groups excluding carboxylic acids is 1. The SMILES string of the molecule is O=C(NCc1ccccc1Cl)Nc1ccccc1N1CCOCC1. The first kappa shape index (κ1) is 16.6. The zero-order valence-corrected chi connectivity index (χ0v) is 14.1. The second-order valence-electron chi connectivity index (χ2n) is 5.52. The quantitative estimate of drug-likeness (QED) is 0.891. The number of carbonyl (C=O) groups is 1. The van der Waals surface area contributed by atoms with Crippen LogP contribution in [0.1, 0.15) is 5.56 Å². The number of nitrogens with one attached hydrogen (secondary N) is 2. The Balaban J connectivity index is 1.63. The Morgan fingerprint density at radius 3 is 2.58 bits per heavy atom. The van der Waals surface area contributed by atoms with E-state index < -0.39 is 0 Å². The summed E-state index contributed by atoms with van der Waals surface area (Å²) in [5.41, 5.74) is 2.68. The van der Waals surface area contributed by atoms with Crippen LogP contribution in [-0.4, -0.2) is 32.3 Å². The van der Waals surface area contributed by atoms with E-state index in [1.54, 1.807) is 0 Å². The lowest BCUT2D eigenvalue weighted by Gasteiger charge is -2.30. The van der Waals surface area contributed by atoms with Gasteiger partial charge in [-0.3, -0.25) is 0 Å². The van der Waals surface area contributed by atoms with Crippen molar-refractivity contribution in [3.63, 3.8) is 0 Å². The molecular formula is C18H20ClN3O2. The smallest absolute Gasteiger partial charge is 0.319 e. The minimum absolute atomic E-state index is 0.254. The van der Waals surface area contributed by atoms with E-state index in [0.717, 1.165) is 30.0 Å². The Hall–Kier alpha value is -2.24. The zero-order valence-electron chi connectivity index (χ0n) is 13.3. The van der Waals surface area contributed by atoms with Crippen molar-refractivity contribution in [1.29, 1.82) is 0 Å². The molecule has 126 valence electrons. The molecule has 2 N–H and O–H groups in total. The third-order valence-electron chi connectivity index (χ3n) is 3.90. The van der Waals surface area contributed by atoms with Gasteiger partial charge in [-0.2, -0.15) is 0 Å². The minimum atomic E-state index is -0.254. The summed E-state index contributed by atoms with van der Waals surface area (Å²) in [6, 6.07) is 15.0. The number of para-hydroxylation sites is 2. The van der Waals surface area contributed by atoms with Gasteiger partial charge in [0.25, 0.3) is 0 Å². The van der Waals surface area contributed by atoms with Crippen LogP contribution in [0.25, 0.3) is 0 Å². The number of urea groups is 1. The molecule has 1 saturated heterocycles. The standard InChI is InChI=1S/C18H20ClN3O2/c19-15-6-2-1-5-14(15)13-20-18(23)21-16-7-3-4-8-17(16)22-9-11-24-12-10-22/h1-8H,9-13H2,(H2,20,21,23). The van der Waals surface area contributed by atoms with Crippen LogP contribution in [0.3, 0.4) is 0 Å². The van der Waals surface area contributed by atoms with E-state index >= 15 is 0 Å². The van der Waals surface area contributed by atoms with Crippen molar-refractivity contribution in [2.45, 2.75) is 6.54 Å². The molecule has 1 heterocycles. The molecule has 0 atom stereocenters. The molecule has 2 aromatic carbocycles. The van der Waals surface area contributed by atoms with Gasteiger partial charge in [0.15, 0.2) is 0 Å². The summed E-state index contributed by atoms with van der Waals surface area (Å²) in [6.45, 7) is 3.42. The van der Waals surface area contributed by atoms with Crippen LogP contribution in [-0.2, 0) is 11.3 Å². The number of morpholine rings is 1. The lowest BCUT2D eigenvalue weighted by atomic mass is 10.2. The molecular weight excluding hydrogens is 326 g/mol. The van der Waals surface area contributed by atoms with Gasteiger partial charge in [0.1, 0.15) is 0 Å². The first-order chi connectivity index (χ1) is 11.7. The predicted octanol–water partition coefficient (Wildman–Crippen LogP) is 3.50. The highest BCUT2D eigenvalue weighted by molar-refractivity contribution is 6.31. The van der Waals surface area contributed by atoms with E-state index in [0.29, 0.717) is 24.8 Å². The van der Waals surface area contributed by atoms with Crippen LogP contribution in [0.15, 0.2) is 48.5 Å². The molecule has 5 nitrogen and oxygen atoms in total. The summed E-state index contributed by atoms with van der Waals surface area (Å²) in [5.74, 6) is 0. The molecule has 0 radical (unpaired) electrons. The van der Waals surface area contributed by atoms with Crippen LogP contribution in [0, 0.1) is 0 Å². The molecule has 0 spiro atoms. The van der Waals surface area contributed by atoms with Gasteiger partial charge in [-0.05, 0) is 23.8 Å². The Morgan fingerprint density at radius 2 is 1.79 bits per heavy atom. The summed E-state index contributed by atoms with van der Waals surface area (Å²) in [5, 5.41) is 6.41. The highest BCUT2D eigenvalue weighted by atomic mass is 35.5. The number of hydrogen-bond acceptors (Lipinski definition) is 3. The number of amides is 2. The first-order valence-corrected chi connectivity index (χ1v) is 8.32. The molecule has 0 unspecified atom stereocenters. The van der Waals surface area contributed by atoms with Gasteiger partial charge in [-0.25, -0.2) is 4.79 Å². The maximum atomic E-state index is 12.2. The molecule has 2 aromatic rings. The van der Waals surface area contributed by atoms with Crippen molar-refractivity contribution in [2.75, 3.05) is 36.5 Å². The molecule has 0 aliphatic carbocycles. The summed E-state index contributed by atoms with van der Waals surface area (Å²) < 4.78 is 5.39. The fourth-order valence-electron chi connectivity index (χ4n) is 2.64. The van der Waals surface area contributed by atoms with Crippen LogP contribution >= 0.6 is 11.6 Å². The van der Waals surface area contributed by atoms with Gasteiger partial charge in [0.05, 0.1) is 24.6 Å². The van der Waals surface area contributed by atoms with Crippen molar-refractivity contribution in [3.8, 4) is 0 Å². The Kier molecular flexibility index (Phi) is 5.56. The van der Waals surface area contributed by atoms with Crippen molar-refractivity contribution in [1.82, 2.24) is 5.32 Å². The van der Waals surface area contributed by atoms with E-state index in [4.69, 9.17) is 16.3 Å². The summed E-state index contributed by atoms with van der Waals surface area (Å²) in [6.07, 6.45) is 0. The number of ether oxygens (including phenoxy) is 1. The summed E-state index contributed by atoms with van der Waals surface area (Å²) >= 11 is 6.10. The molecule has 0 aromatic heterocycles. The fourth-order valence-corrected chi connectivity index (χ4v) is 2.85. The Morgan fingerprint density at radius 1 is 1.08 bits per heavy atom. The largest absolute Gasteiger partial charge is 0.378 e. The molecule has 3 rings (SSSR count). The molecule has 1 aliphatic heterocycles. The van der Waals surface area contributed by atoms with E-state index in [1.807, 2.05) is 48.5 Å². The van der Waals surface area contributed by atoms with Gasteiger partial charge in [0, 0.05) is 24.7 Å². The Labute approximate surface area is 146 Å². The maximum Gasteiger partial charge on any atom is 0.319 e. The number of benzene rings is 2. The van der Waals surface area contributed by atoms with E-state index in [9.17, 15) is 4.79 Å². The van der Waals surface area contributed by atoms with E-state index in [1.165, 1.54) is 0 Å². The summed E-state index contributed by atoms with van der Waals surface area (Å²) in [7, 11) is 0. The molecule has 1 fully saturated rings. The normalized spacial score (nSPS) is 14.3. The monoisotopic (exact) mass is 345 g/mol. The second kappa shape index (κ2) is 8.04. The topological polar surface area (TPSA) is 53.6 Å². The molecule has 2 amide bonds. The molecule has 0 saturated carbocycles. The third kappa shape index (κ3) is 4.19. The van der Waals surface area contributed by atoms with Gasteiger partial charge >= 0.3 is 6.03 Å². The maximum absolute atomic E-state index is 12.2. The van der Waals surface area contributed by atoms with Gasteiger partial charge < -0.3 is 20.3 Å². The highest BCUT2D eigenvalue weighted by Crippen LogP contribution is 2.26. The van der Waals surface area contributed by atoms with Gasteiger partial charge in [0.2, 0.25) is 0 Å². The molecule has 6 heteroatoms. The molecule has 0 bridgehead atoms. The lowest BCUT2D eigenvalue weighted by molar-refractivity contribution is 0.123. The highest BCUT2D eigenvalue weighted by Gasteiger charge is 2.15. The van der Waals surface area contributed by atoms with Crippen molar-refractivity contribution >= 4 is 29.0 Å². The number of anilines is 2. The van der Waals surface area contributed by atoms with Crippen LogP contribution in [0.5, 0.6) is 0 Å². The zero-order chi connectivity index (χ0) is 16.8. The van der Waals surface area contributed by atoms with E-state index in [-0.39, 0.29) is 6.03 Å². The average Bonchev–Trinajstić information content (AvgIpc) is 2.62. The van der Waals surface area contributed by atoms with E-state index in [2.05, 4.69) is 15.5 Å². The van der Waals surface area contributed by atoms with Gasteiger partial charge in [-0.1, -0.05) is 41.9 Å². The van der Waals surface area contributed by atoms with Crippen molar-refractivity contribution < 1.29 is 9.53 Å². The first-order valence-electron chi connectivity index (χ1n) is 7.94. The molecule has 24 heavy (non-hydrogen) atoms. The van der Waals surface area contributed by atoms with Gasteiger partial charge in [-0.15, -0.1) is 0 Å². The van der Waals surface area contributed by atoms with Crippen LogP contribution in [0.2, 0.25) is 5.02 Å². The Bertz CT molecular complexity index is 702. The number of nitrogens with zero attached hydrogens (tertiary/aromatic N) is 1. The van der Waals surface area contributed by atoms with Crippen molar-refractivity contribution in [3.05, 3.63) is 59.1 Å². The number of rotatable bonds is 4. The second-order valence-corrected chi connectivity index (χ2v) is 5.92. The molecule has 1 aliphatic rings. The fraction of sp³-hybridized carbons (Fsp3) is 0.278. The number of hydrogen-bond donors (Lipinski definition) is 2. The van der Waals surface area contributed by atoms with Crippen LogP contribution < -0.4 is 15.5 Å². The predicted molar refractivity (Wildman–Crippen MR) is 96.8 cm³/mol. The number of halogens is 1. The van der Waals surface area contributed by atoms with Crippen LogP contribution in [0.4, 0.5) is 16.2 Å². The van der Waals surface area contributed by atoms with Crippen molar-refractivity contribution in [2.24, 2.45) is 0 Å². The summed E-state index contributed by atoms with van der Waals surface area (Å²) in [4.78, 5) is 14.4. The average molecular weight is 346 g/mol. The minimum Gasteiger partial charge on any atom is -0.378 e. The third-order valence-corrected chi connectivity index (χ3v) is 4.27. The lowest BCUT2D eigenvalue weighted by Crippen LogP contribution is -2.37.